The molecule has 0 aromatic heterocycles. The van der Waals surface area contributed by atoms with Gasteiger partial charge in [0.25, 0.3) is 0 Å². The van der Waals surface area contributed by atoms with Crippen LogP contribution in [0.5, 0.6) is 5.75 Å². The fraction of sp³-hybridized carbons (Fsp3) is 0.278. The summed E-state index contributed by atoms with van der Waals surface area (Å²) >= 11 is 0. The van der Waals surface area contributed by atoms with Gasteiger partial charge >= 0.3 is 0 Å². The Hall–Kier alpha value is -2.29. The average molecular weight is 283 g/mol. The van der Waals surface area contributed by atoms with Gasteiger partial charge in [-0.1, -0.05) is 18.2 Å². The van der Waals surface area contributed by atoms with Gasteiger partial charge in [0.15, 0.2) is 0 Å². The minimum Gasteiger partial charge on any atom is -0.496 e. The molecule has 0 aliphatic rings. The molecule has 1 unspecified atom stereocenters. The number of hydrogen-bond acceptors (Lipinski definition) is 3. The quantitative estimate of drug-likeness (QED) is 0.759. The molecule has 0 radical (unpaired) electrons. The topological polar surface area (TPSA) is 29.5 Å². The lowest BCUT2D eigenvalue weighted by Crippen LogP contribution is -2.30. The third-order valence-corrected chi connectivity index (χ3v) is 3.81. The van der Waals surface area contributed by atoms with E-state index in [0.29, 0.717) is 11.6 Å². The maximum absolute atomic E-state index is 10.7. The number of rotatable bonds is 6. The molecule has 0 heterocycles. The highest BCUT2D eigenvalue weighted by Crippen LogP contribution is 2.23. The lowest BCUT2D eigenvalue weighted by Gasteiger charge is -2.27. The standard InChI is InChI=1S/C18H21NO2/c1-14(12-16-6-4-5-7-18(16)21-3)19(2)17-10-8-15(13-20)9-11-17/h4-11,13-14H,12H2,1-3H3. The monoisotopic (exact) mass is 283 g/mol. The summed E-state index contributed by atoms with van der Waals surface area (Å²) < 4.78 is 5.40. The summed E-state index contributed by atoms with van der Waals surface area (Å²) in [7, 11) is 3.77. The average Bonchev–Trinajstić information content (AvgIpc) is 2.54. The largest absolute Gasteiger partial charge is 0.496 e. The number of carbonyl (C=O) groups excluding carboxylic acids is 1. The van der Waals surface area contributed by atoms with Gasteiger partial charge in [0, 0.05) is 24.3 Å². The second kappa shape index (κ2) is 6.93. The van der Waals surface area contributed by atoms with Gasteiger partial charge < -0.3 is 9.64 Å². The normalized spacial score (nSPS) is 11.8. The van der Waals surface area contributed by atoms with Crippen LogP contribution < -0.4 is 9.64 Å². The van der Waals surface area contributed by atoms with E-state index in [1.807, 2.05) is 42.5 Å². The van der Waals surface area contributed by atoms with Gasteiger partial charge in [-0.15, -0.1) is 0 Å². The molecule has 0 saturated heterocycles. The Kier molecular flexibility index (Phi) is 4.99. The summed E-state index contributed by atoms with van der Waals surface area (Å²) in [5.74, 6) is 0.925. The van der Waals surface area contributed by atoms with Crippen LogP contribution in [0, 0.1) is 0 Å². The second-order valence-electron chi connectivity index (χ2n) is 5.19. The van der Waals surface area contributed by atoms with Gasteiger partial charge in [-0.25, -0.2) is 0 Å². The van der Waals surface area contributed by atoms with Crippen LogP contribution in [0.15, 0.2) is 48.5 Å². The van der Waals surface area contributed by atoms with Crippen molar-refractivity contribution in [1.82, 2.24) is 0 Å². The van der Waals surface area contributed by atoms with Crippen molar-refractivity contribution in [3.63, 3.8) is 0 Å². The number of carbonyl (C=O) groups is 1. The highest BCUT2D eigenvalue weighted by atomic mass is 16.5. The maximum atomic E-state index is 10.7. The van der Waals surface area contributed by atoms with E-state index in [9.17, 15) is 4.79 Å². The van der Waals surface area contributed by atoms with Gasteiger partial charge in [0.05, 0.1) is 7.11 Å². The minimum atomic E-state index is 0.323. The molecule has 0 spiro atoms. The SMILES string of the molecule is COc1ccccc1CC(C)N(C)c1ccc(C=O)cc1. The molecule has 21 heavy (non-hydrogen) atoms. The van der Waals surface area contributed by atoms with Crippen molar-refractivity contribution < 1.29 is 9.53 Å². The molecule has 2 rings (SSSR count). The first-order chi connectivity index (χ1) is 10.2. The van der Waals surface area contributed by atoms with Crippen molar-refractivity contribution in [3.05, 3.63) is 59.7 Å². The molecule has 0 aliphatic carbocycles. The van der Waals surface area contributed by atoms with E-state index in [1.165, 1.54) is 5.56 Å². The molecule has 0 saturated carbocycles. The molecule has 2 aromatic carbocycles. The number of hydrogen-bond donors (Lipinski definition) is 0. The molecule has 3 heteroatoms. The van der Waals surface area contributed by atoms with Gasteiger partial charge in [0.2, 0.25) is 0 Å². The van der Waals surface area contributed by atoms with E-state index in [-0.39, 0.29) is 0 Å². The van der Waals surface area contributed by atoms with Gasteiger partial charge in [-0.05, 0) is 49.2 Å². The van der Waals surface area contributed by atoms with Crippen LogP contribution in [0.1, 0.15) is 22.8 Å². The predicted octanol–water partition coefficient (Wildman–Crippen LogP) is 3.58. The molecule has 0 fully saturated rings. The molecule has 110 valence electrons. The third-order valence-electron chi connectivity index (χ3n) is 3.81. The van der Waals surface area contributed by atoms with E-state index < -0.39 is 0 Å². The number of nitrogens with zero attached hydrogens (tertiary/aromatic N) is 1. The Labute approximate surface area is 126 Å². The summed E-state index contributed by atoms with van der Waals surface area (Å²) in [6, 6.07) is 16.1. The van der Waals surface area contributed by atoms with E-state index in [4.69, 9.17) is 4.74 Å². The van der Waals surface area contributed by atoms with Crippen LogP contribution in [0.25, 0.3) is 0 Å². The molecule has 0 bridgehead atoms. The fourth-order valence-electron chi connectivity index (χ4n) is 2.37. The lowest BCUT2D eigenvalue weighted by atomic mass is 10.0. The number of aldehydes is 1. The Morgan fingerprint density at radius 2 is 1.81 bits per heavy atom. The first-order valence-corrected chi connectivity index (χ1v) is 7.05. The molecule has 1 atom stereocenters. The number of ether oxygens (including phenoxy) is 1. The second-order valence-corrected chi connectivity index (χ2v) is 5.19. The molecule has 0 amide bonds. The maximum Gasteiger partial charge on any atom is 0.150 e. The van der Waals surface area contributed by atoms with Crippen molar-refractivity contribution in [2.24, 2.45) is 0 Å². The minimum absolute atomic E-state index is 0.323. The molecular formula is C18H21NO2. The van der Waals surface area contributed by atoms with Crippen molar-refractivity contribution in [1.29, 1.82) is 0 Å². The van der Waals surface area contributed by atoms with E-state index in [0.717, 1.165) is 24.1 Å². The van der Waals surface area contributed by atoms with Crippen LogP contribution in [-0.4, -0.2) is 26.5 Å². The number of methoxy groups -OCH3 is 1. The Morgan fingerprint density at radius 1 is 1.14 bits per heavy atom. The summed E-state index contributed by atoms with van der Waals surface area (Å²) in [6.45, 7) is 2.18. The highest BCUT2D eigenvalue weighted by Gasteiger charge is 2.13. The first kappa shape index (κ1) is 15.1. The van der Waals surface area contributed by atoms with Crippen LogP contribution in [0.3, 0.4) is 0 Å². The molecule has 2 aromatic rings. The van der Waals surface area contributed by atoms with Crippen molar-refractivity contribution in [3.8, 4) is 5.75 Å². The summed E-state index contributed by atoms with van der Waals surface area (Å²) in [6.07, 6.45) is 1.76. The van der Waals surface area contributed by atoms with Crippen molar-refractivity contribution in [2.75, 3.05) is 19.1 Å². The molecular weight excluding hydrogens is 262 g/mol. The predicted molar refractivity (Wildman–Crippen MR) is 86.4 cm³/mol. The van der Waals surface area contributed by atoms with Gasteiger partial charge in [-0.3, -0.25) is 4.79 Å². The van der Waals surface area contributed by atoms with Gasteiger partial charge in [-0.2, -0.15) is 0 Å². The number of benzene rings is 2. The molecule has 0 N–H and O–H groups in total. The Morgan fingerprint density at radius 3 is 2.43 bits per heavy atom. The summed E-state index contributed by atoms with van der Waals surface area (Å²) in [4.78, 5) is 12.9. The smallest absolute Gasteiger partial charge is 0.150 e. The summed E-state index contributed by atoms with van der Waals surface area (Å²) in [5, 5.41) is 0. The lowest BCUT2D eigenvalue weighted by molar-refractivity contribution is 0.112. The van der Waals surface area contributed by atoms with Crippen molar-refractivity contribution >= 4 is 12.0 Å². The van der Waals surface area contributed by atoms with Crippen LogP contribution in [0.4, 0.5) is 5.69 Å². The summed E-state index contributed by atoms with van der Waals surface area (Å²) in [5.41, 5.74) is 3.00. The zero-order valence-corrected chi connectivity index (χ0v) is 12.7. The van der Waals surface area contributed by atoms with Crippen LogP contribution in [0.2, 0.25) is 0 Å². The molecule has 0 aliphatic heterocycles. The van der Waals surface area contributed by atoms with Crippen LogP contribution in [-0.2, 0) is 6.42 Å². The Balaban J connectivity index is 2.11. The fourth-order valence-corrected chi connectivity index (χ4v) is 2.37. The highest BCUT2D eigenvalue weighted by molar-refractivity contribution is 5.75. The number of anilines is 1. The van der Waals surface area contributed by atoms with E-state index in [2.05, 4.69) is 24.9 Å². The molecule has 3 nitrogen and oxygen atoms in total. The first-order valence-electron chi connectivity index (χ1n) is 7.05. The zero-order chi connectivity index (χ0) is 15.2. The van der Waals surface area contributed by atoms with Crippen LogP contribution >= 0.6 is 0 Å². The van der Waals surface area contributed by atoms with Crippen molar-refractivity contribution in [2.45, 2.75) is 19.4 Å². The number of para-hydroxylation sites is 1. The van der Waals surface area contributed by atoms with Gasteiger partial charge in [0.1, 0.15) is 12.0 Å². The van der Waals surface area contributed by atoms with E-state index in [1.54, 1.807) is 7.11 Å². The van der Waals surface area contributed by atoms with E-state index >= 15 is 0 Å². The Bertz CT molecular complexity index is 592. The zero-order valence-electron chi connectivity index (χ0n) is 12.7. The number of likely N-dealkylation sites (N-methyl/N-ethyl adjacent to an activating group) is 1. The third kappa shape index (κ3) is 3.63.